The zero-order chi connectivity index (χ0) is 23.7. The van der Waals surface area contributed by atoms with Crippen LogP contribution in [-0.2, 0) is 17.9 Å². The summed E-state index contributed by atoms with van der Waals surface area (Å²) in [6.45, 7) is 4.10. The highest BCUT2D eigenvalue weighted by Gasteiger charge is 2.22. The van der Waals surface area contributed by atoms with E-state index in [2.05, 4.69) is 20.5 Å². The maximum atomic E-state index is 13.4. The topological polar surface area (TPSA) is 97.9 Å². The molecule has 0 aliphatic heterocycles. The first kappa shape index (κ1) is 22.1. The minimum Gasteiger partial charge on any atom is -0.343 e. The molecule has 1 N–H and O–H groups in total. The summed E-state index contributed by atoms with van der Waals surface area (Å²) in [6.07, 6.45) is 3.10. The predicted molar refractivity (Wildman–Crippen MR) is 122 cm³/mol. The number of fused-ring (bicyclic) bond motifs is 1. The zero-order valence-corrected chi connectivity index (χ0v) is 18.8. The van der Waals surface area contributed by atoms with E-state index in [1.54, 1.807) is 37.1 Å². The third kappa shape index (κ3) is 4.19. The normalized spacial score (nSPS) is 11.1. The van der Waals surface area contributed by atoms with Gasteiger partial charge in [-0.15, -0.1) is 0 Å². The number of aromatic nitrogens is 5. The van der Waals surface area contributed by atoms with Crippen LogP contribution in [0.3, 0.4) is 0 Å². The van der Waals surface area contributed by atoms with Crippen molar-refractivity contribution in [3.05, 3.63) is 59.9 Å². The van der Waals surface area contributed by atoms with Crippen LogP contribution in [0.25, 0.3) is 22.2 Å². The van der Waals surface area contributed by atoms with Gasteiger partial charge in [-0.1, -0.05) is 12.1 Å². The van der Waals surface area contributed by atoms with Gasteiger partial charge < -0.3 is 10.2 Å². The van der Waals surface area contributed by atoms with Crippen LogP contribution >= 0.6 is 0 Å². The van der Waals surface area contributed by atoms with Crippen LogP contribution in [-0.4, -0.2) is 55.4 Å². The number of hydrogen-bond acceptors (Lipinski definition) is 5. The van der Waals surface area contributed by atoms with E-state index in [0.29, 0.717) is 29.3 Å². The molecule has 3 heterocycles. The fourth-order valence-electron chi connectivity index (χ4n) is 3.74. The fraction of sp³-hybridized carbons (Fsp3) is 0.261. The van der Waals surface area contributed by atoms with Crippen molar-refractivity contribution in [1.29, 1.82) is 0 Å². The van der Waals surface area contributed by atoms with E-state index in [0.717, 1.165) is 16.5 Å². The smallest absolute Gasteiger partial charge is 0.273 e. The third-order valence-corrected chi connectivity index (χ3v) is 5.28. The second-order valence-corrected chi connectivity index (χ2v) is 7.78. The van der Waals surface area contributed by atoms with E-state index in [1.807, 2.05) is 19.9 Å². The van der Waals surface area contributed by atoms with Crippen LogP contribution in [0.1, 0.15) is 23.1 Å². The number of carbonyl (C=O) groups excluding carboxylic acids is 2. The minimum absolute atomic E-state index is 0.100. The molecule has 10 heteroatoms. The Balaban J connectivity index is 1.64. The predicted octanol–water partition coefficient (Wildman–Crippen LogP) is 3.10. The first-order valence-corrected chi connectivity index (χ1v) is 10.5. The lowest BCUT2D eigenvalue weighted by molar-refractivity contribution is -0.116. The van der Waals surface area contributed by atoms with Crippen LogP contribution in [0, 0.1) is 12.7 Å². The average molecular weight is 449 g/mol. The molecule has 0 fully saturated rings. The number of nitrogens with zero attached hydrogens (tertiary/aromatic N) is 6. The van der Waals surface area contributed by atoms with Crippen molar-refractivity contribution >= 4 is 28.5 Å². The van der Waals surface area contributed by atoms with Crippen LogP contribution in [0.5, 0.6) is 0 Å². The fourth-order valence-corrected chi connectivity index (χ4v) is 3.74. The quantitative estimate of drug-likeness (QED) is 0.488. The van der Waals surface area contributed by atoms with Gasteiger partial charge in [-0.25, -0.2) is 14.1 Å². The van der Waals surface area contributed by atoms with Crippen molar-refractivity contribution in [1.82, 2.24) is 29.4 Å². The molecule has 0 atom stereocenters. The molecule has 33 heavy (non-hydrogen) atoms. The van der Waals surface area contributed by atoms with E-state index in [9.17, 15) is 14.0 Å². The van der Waals surface area contributed by atoms with Gasteiger partial charge in [0, 0.05) is 32.2 Å². The van der Waals surface area contributed by atoms with Crippen molar-refractivity contribution in [2.24, 2.45) is 0 Å². The molecule has 0 unspecified atom stereocenters. The molecule has 0 spiro atoms. The molecule has 2 amide bonds. The highest BCUT2D eigenvalue weighted by Crippen LogP contribution is 2.30. The number of amides is 2. The van der Waals surface area contributed by atoms with E-state index in [-0.39, 0.29) is 24.2 Å². The average Bonchev–Trinajstić information content (AvgIpc) is 3.34. The third-order valence-electron chi connectivity index (χ3n) is 5.28. The second kappa shape index (κ2) is 8.81. The summed E-state index contributed by atoms with van der Waals surface area (Å²) >= 11 is 0. The maximum absolute atomic E-state index is 13.4. The van der Waals surface area contributed by atoms with E-state index >= 15 is 0 Å². The Kier molecular flexibility index (Phi) is 5.91. The van der Waals surface area contributed by atoms with E-state index in [1.165, 1.54) is 27.9 Å². The number of benzene rings is 1. The molecule has 4 rings (SSSR count). The Morgan fingerprint density at radius 3 is 2.52 bits per heavy atom. The first-order valence-electron chi connectivity index (χ1n) is 10.5. The zero-order valence-electron chi connectivity index (χ0n) is 18.8. The van der Waals surface area contributed by atoms with Crippen LogP contribution < -0.4 is 5.32 Å². The molecule has 170 valence electrons. The Hall–Kier alpha value is -4.08. The van der Waals surface area contributed by atoms with Crippen molar-refractivity contribution in [2.45, 2.75) is 26.9 Å². The molecule has 0 radical (unpaired) electrons. The van der Waals surface area contributed by atoms with Gasteiger partial charge >= 0.3 is 0 Å². The van der Waals surface area contributed by atoms with Gasteiger partial charge in [-0.05, 0) is 43.2 Å². The summed E-state index contributed by atoms with van der Waals surface area (Å²) in [5.74, 6) is -0.931. The van der Waals surface area contributed by atoms with E-state index < -0.39 is 0 Å². The summed E-state index contributed by atoms with van der Waals surface area (Å²) in [5, 5.41) is 12.3. The van der Waals surface area contributed by atoms with Gasteiger partial charge in [0.05, 0.1) is 17.6 Å². The highest BCUT2D eigenvalue weighted by atomic mass is 19.1. The highest BCUT2D eigenvalue weighted by molar-refractivity contribution is 6.02. The van der Waals surface area contributed by atoms with Crippen molar-refractivity contribution < 1.29 is 14.0 Å². The number of hydrogen-bond donors (Lipinski definition) is 1. The number of pyridine rings is 1. The van der Waals surface area contributed by atoms with Crippen LogP contribution in [0.4, 0.5) is 10.1 Å². The molecule has 0 saturated carbocycles. The number of rotatable bonds is 6. The number of halogens is 1. The molecular weight excluding hydrogens is 425 g/mol. The molecule has 0 aliphatic carbocycles. The molecule has 9 nitrogen and oxygen atoms in total. The molecule has 0 saturated heterocycles. The van der Waals surface area contributed by atoms with Gasteiger partial charge in [0.15, 0.2) is 5.65 Å². The van der Waals surface area contributed by atoms with Gasteiger partial charge in [0.2, 0.25) is 5.91 Å². The molecular formula is C23H24FN7O2. The first-order chi connectivity index (χ1) is 15.8. The summed E-state index contributed by atoms with van der Waals surface area (Å²) in [4.78, 5) is 31.3. The van der Waals surface area contributed by atoms with Crippen LogP contribution in [0.15, 0.2) is 42.7 Å². The van der Waals surface area contributed by atoms with Gasteiger partial charge in [0.1, 0.15) is 18.1 Å². The van der Waals surface area contributed by atoms with E-state index in [4.69, 9.17) is 0 Å². The summed E-state index contributed by atoms with van der Waals surface area (Å²) in [6, 6.07) is 8.03. The molecule has 0 aliphatic rings. The molecule has 3 aromatic heterocycles. The van der Waals surface area contributed by atoms with Crippen molar-refractivity contribution in [3.63, 3.8) is 0 Å². The Morgan fingerprint density at radius 1 is 1.12 bits per heavy atom. The maximum Gasteiger partial charge on any atom is 0.273 e. The standard InChI is InChI=1S/C23H24FN7O2/c1-5-30-21(23(33)29(3)4)18(12-26-30)27-19(32)13-31-22-20(14(2)28-31)17(10-11-25-22)15-6-8-16(24)9-7-15/h6-12H,5,13H2,1-4H3,(H,27,32). The van der Waals surface area contributed by atoms with Crippen molar-refractivity contribution in [2.75, 3.05) is 19.4 Å². The number of carbonyl (C=O) groups is 2. The summed E-state index contributed by atoms with van der Waals surface area (Å²) in [7, 11) is 3.29. The van der Waals surface area contributed by atoms with Gasteiger partial charge in [-0.2, -0.15) is 10.2 Å². The number of aryl methyl sites for hydroxylation is 2. The lowest BCUT2D eigenvalue weighted by atomic mass is 10.0. The lowest BCUT2D eigenvalue weighted by Gasteiger charge is -2.13. The second-order valence-electron chi connectivity index (χ2n) is 7.78. The number of nitrogens with one attached hydrogen (secondary N) is 1. The monoisotopic (exact) mass is 449 g/mol. The van der Waals surface area contributed by atoms with Gasteiger partial charge in [0.25, 0.3) is 5.91 Å². The SMILES string of the molecule is CCn1ncc(NC(=O)Cn2nc(C)c3c(-c4ccc(F)cc4)ccnc32)c1C(=O)N(C)C. The summed E-state index contributed by atoms with van der Waals surface area (Å²) in [5.41, 5.74) is 3.58. The van der Waals surface area contributed by atoms with Gasteiger partial charge in [-0.3, -0.25) is 14.3 Å². The molecule has 1 aromatic carbocycles. The van der Waals surface area contributed by atoms with Crippen LogP contribution in [0.2, 0.25) is 0 Å². The van der Waals surface area contributed by atoms with Crippen molar-refractivity contribution in [3.8, 4) is 11.1 Å². The minimum atomic E-state index is -0.364. The molecule has 4 aromatic rings. The Labute approximate surface area is 189 Å². The lowest BCUT2D eigenvalue weighted by Crippen LogP contribution is -2.27. The summed E-state index contributed by atoms with van der Waals surface area (Å²) < 4.78 is 16.4. The molecule has 0 bridgehead atoms. The number of anilines is 1. The largest absolute Gasteiger partial charge is 0.343 e. The Bertz CT molecular complexity index is 1340. The Morgan fingerprint density at radius 2 is 1.85 bits per heavy atom.